The number of nitrogens with one attached hydrogen (secondary N) is 1. The lowest BCUT2D eigenvalue weighted by Gasteiger charge is -1.92. The predicted molar refractivity (Wildman–Crippen MR) is 40.1 cm³/mol. The average molecular weight is 175 g/mol. The quantitative estimate of drug-likeness (QED) is 0.684. The molecule has 0 saturated carbocycles. The van der Waals surface area contributed by atoms with E-state index in [1.165, 1.54) is 7.11 Å². The van der Waals surface area contributed by atoms with Crippen molar-refractivity contribution in [2.24, 2.45) is 0 Å². The first-order valence-electron chi connectivity index (χ1n) is 2.95. The first-order chi connectivity index (χ1) is 5.16. The lowest BCUT2D eigenvalue weighted by Crippen LogP contribution is -1.91. The number of methoxy groups -OCH3 is 1. The predicted octanol–water partition coefficient (Wildman–Crippen LogP) is 1.11. The lowest BCUT2D eigenvalue weighted by atomic mass is 10.3. The zero-order chi connectivity index (χ0) is 8.43. The van der Waals surface area contributed by atoms with Crippen LogP contribution in [0.5, 0.6) is 5.88 Å². The van der Waals surface area contributed by atoms with Gasteiger partial charge in [0.15, 0.2) is 0 Å². The molecule has 0 fully saturated rings. The molecule has 0 atom stereocenters. The van der Waals surface area contributed by atoms with Gasteiger partial charge in [0, 0.05) is 5.56 Å². The molecule has 0 radical (unpaired) electrons. The van der Waals surface area contributed by atoms with Crippen LogP contribution >= 0.6 is 11.6 Å². The SMILES string of the molecule is COc1n[nH]c(C(=O)Cl)c1C. The van der Waals surface area contributed by atoms with E-state index in [0.717, 1.165) is 0 Å². The molecule has 0 aliphatic carbocycles. The topological polar surface area (TPSA) is 55.0 Å². The molecule has 0 amide bonds. The fraction of sp³-hybridized carbons (Fsp3) is 0.333. The van der Waals surface area contributed by atoms with Crippen LogP contribution in [-0.4, -0.2) is 22.5 Å². The number of halogens is 1. The van der Waals surface area contributed by atoms with Crippen molar-refractivity contribution in [1.29, 1.82) is 0 Å². The third-order valence-electron chi connectivity index (χ3n) is 1.35. The van der Waals surface area contributed by atoms with Crippen LogP contribution in [0, 0.1) is 6.92 Å². The van der Waals surface area contributed by atoms with Crippen molar-refractivity contribution in [1.82, 2.24) is 10.2 Å². The normalized spacial score (nSPS) is 9.73. The van der Waals surface area contributed by atoms with Crippen LogP contribution in [0.3, 0.4) is 0 Å². The highest BCUT2D eigenvalue weighted by Gasteiger charge is 2.13. The zero-order valence-corrected chi connectivity index (χ0v) is 6.90. The third-order valence-corrected chi connectivity index (χ3v) is 1.54. The Labute approximate surface area is 68.5 Å². The summed E-state index contributed by atoms with van der Waals surface area (Å²) in [7, 11) is 1.48. The number of carbonyl (C=O) groups is 1. The van der Waals surface area contributed by atoms with Gasteiger partial charge in [-0.3, -0.25) is 9.89 Å². The van der Waals surface area contributed by atoms with E-state index in [9.17, 15) is 4.79 Å². The summed E-state index contributed by atoms with van der Waals surface area (Å²) in [4.78, 5) is 10.6. The van der Waals surface area contributed by atoms with Gasteiger partial charge < -0.3 is 4.74 Å². The summed E-state index contributed by atoms with van der Waals surface area (Å²) in [6.45, 7) is 1.71. The Balaban J connectivity index is 3.10. The molecule has 0 unspecified atom stereocenters. The van der Waals surface area contributed by atoms with E-state index in [0.29, 0.717) is 11.4 Å². The molecule has 5 heteroatoms. The Morgan fingerprint density at radius 2 is 2.36 bits per heavy atom. The average Bonchev–Trinajstić information content (AvgIpc) is 2.30. The molecular formula is C6H7ClN2O2. The smallest absolute Gasteiger partial charge is 0.270 e. The molecule has 0 saturated heterocycles. The minimum absolute atomic E-state index is 0.281. The summed E-state index contributed by atoms with van der Waals surface area (Å²) < 4.78 is 4.82. The fourth-order valence-electron chi connectivity index (χ4n) is 0.771. The molecule has 60 valence electrons. The van der Waals surface area contributed by atoms with Crippen molar-refractivity contribution in [2.45, 2.75) is 6.92 Å². The summed E-state index contributed by atoms with van der Waals surface area (Å²) in [5.74, 6) is 0.397. The molecule has 4 nitrogen and oxygen atoms in total. The number of hydrogen-bond donors (Lipinski definition) is 1. The summed E-state index contributed by atoms with van der Waals surface area (Å²) in [6, 6.07) is 0. The molecule has 0 aliphatic rings. The van der Waals surface area contributed by atoms with E-state index >= 15 is 0 Å². The molecule has 0 aliphatic heterocycles. The number of carbonyl (C=O) groups excluding carboxylic acids is 1. The second-order valence-electron chi connectivity index (χ2n) is 2.01. The highest BCUT2D eigenvalue weighted by Crippen LogP contribution is 2.17. The Bertz CT molecular complexity index is 282. The molecule has 1 heterocycles. The Morgan fingerprint density at radius 3 is 2.64 bits per heavy atom. The van der Waals surface area contributed by atoms with Crippen molar-refractivity contribution in [3.8, 4) is 5.88 Å². The summed E-state index contributed by atoms with van der Waals surface area (Å²) in [5, 5.41) is 5.61. The van der Waals surface area contributed by atoms with Crippen LogP contribution in [0.1, 0.15) is 16.1 Å². The van der Waals surface area contributed by atoms with Gasteiger partial charge in [-0.2, -0.15) is 0 Å². The zero-order valence-electron chi connectivity index (χ0n) is 6.14. The molecule has 0 bridgehead atoms. The largest absolute Gasteiger partial charge is 0.480 e. The van der Waals surface area contributed by atoms with Gasteiger partial charge in [0.05, 0.1) is 7.11 Å². The van der Waals surface area contributed by atoms with Crippen molar-refractivity contribution in [3.63, 3.8) is 0 Å². The van der Waals surface area contributed by atoms with Crippen LogP contribution in [-0.2, 0) is 0 Å². The summed E-state index contributed by atoms with van der Waals surface area (Å²) in [6.07, 6.45) is 0. The maximum atomic E-state index is 10.6. The van der Waals surface area contributed by atoms with E-state index in [1.807, 2.05) is 0 Å². The third kappa shape index (κ3) is 1.35. The molecule has 1 aromatic heterocycles. The minimum atomic E-state index is -0.557. The second kappa shape index (κ2) is 2.92. The van der Waals surface area contributed by atoms with Gasteiger partial charge in [-0.1, -0.05) is 0 Å². The molecule has 0 aromatic carbocycles. The number of hydrogen-bond acceptors (Lipinski definition) is 3. The van der Waals surface area contributed by atoms with Crippen molar-refractivity contribution in [3.05, 3.63) is 11.3 Å². The standard InChI is InChI=1S/C6H7ClN2O2/c1-3-4(5(7)10)8-9-6(3)11-2/h1-2H3,(H,8,9). The first-order valence-corrected chi connectivity index (χ1v) is 3.33. The van der Waals surface area contributed by atoms with Crippen LogP contribution < -0.4 is 4.74 Å². The molecule has 1 aromatic rings. The number of nitrogens with zero attached hydrogens (tertiary/aromatic N) is 1. The van der Waals surface area contributed by atoms with Gasteiger partial charge in [0.25, 0.3) is 5.24 Å². The van der Waals surface area contributed by atoms with Gasteiger partial charge in [-0.05, 0) is 18.5 Å². The van der Waals surface area contributed by atoms with E-state index < -0.39 is 5.24 Å². The number of ether oxygens (including phenoxy) is 1. The van der Waals surface area contributed by atoms with Crippen molar-refractivity contribution in [2.75, 3.05) is 7.11 Å². The van der Waals surface area contributed by atoms with Gasteiger partial charge in [-0.25, -0.2) is 0 Å². The molecule has 1 N–H and O–H groups in total. The van der Waals surface area contributed by atoms with Crippen LogP contribution in [0.25, 0.3) is 0 Å². The van der Waals surface area contributed by atoms with Crippen LogP contribution in [0.15, 0.2) is 0 Å². The van der Waals surface area contributed by atoms with Crippen LogP contribution in [0.4, 0.5) is 0 Å². The monoisotopic (exact) mass is 174 g/mol. The fourth-order valence-corrected chi connectivity index (χ4v) is 0.955. The summed E-state index contributed by atoms with van der Waals surface area (Å²) >= 11 is 5.21. The van der Waals surface area contributed by atoms with Crippen molar-refractivity contribution >= 4 is 16.8 Å². The molecule has 11 heavy (non-hydrogen) atoms. The maximum absolute atomic E-state index is 10.6. The van der Waals surface area contributed by atoms with Gasteiger partial charge in [0.1, 0.15) is 5.69 Å². The van der Waals surface area contributed by atoms with E-state index in [1.54, 1.807) is 6.92 Å². The highest BCUT2D eigenvalue weighted by atomic mass is 35.5. The Kier molecular flexibility index (Phi) is 2.14. The van der Waals surface area contributed by atoms with E-state index in [4.69, 9.17) is 16.3 Å². The first kappa shape index (κ1) is 8.07. The Morgan fingerprint density at radius 1 is 1.73 bits per heavy atom. The maximum Gasteiger partial charge on any atom is 0.270 e. The van der Waals surface area contributed by atoms with Crippen molar-refractivity contribution < 1.29 is 9.53 Å². The molecular weight excluding hydrogens is 168 g/mol. The lowest BCUT2D eigenvalue weighted by molar-refractivity contribution is 0.107. The summed E-state index contributed by atoms with van der Waals surface area (Å²) in [5.41, 5.74) is 0.913. The number of aromatic nitrogens is 2. The molecule has 1 rings (SSSR count). The molecule has 0 spiro atoms. The van der Waals surface area contributed by atoms with Gasteiger partial charge in [-0.15, -0.1) is 5.10 Å². The van der Waals surface area contributed by atoms with Gasteiger partial charge in [0.2, 0.25) is 5.88 Å². The highest BCUT2D eigenvalue weighted by molar-refractivity contribution is 6.67. The Hall–Kier alpha value is -1.03. The van der Waals surface area contributed by atoms with Crippen LogP contribution in [0.2, 0.25) is 0 Å². The van der Waals surface area contributed by atoms with Gasteiger partial charge >= 0.3 is 0 Å². The number of H-pyrrole nitrogens is 1. The second-order valence-corrected chi connectivity index (χ2v) is 2.35. The van der Waals surface area contributed by atoms with E-state index in [2.05, 4.69) is 10.2 Å². The minimum Gasteiger partial charge on any atom is -0.480 e. The number of aromatic amines is 1. The van der Waals surface area contributed by atoms with E-state index in [-0.39, 0.29) is 5.69 Å². The number of rotatable bonds is 2.